The number of nitriles is 1. The van der Waals surface area contributed by atoms with Crippen LogP contribution in [0.5, 0.6) is 17.2 Å². The number of hydrogen-bond donors (Lipinski definition) is 0. The summed E-state index contributed by atoms with van der Waals surface area (Å²) in [5.41, 5.74) is -0.710. The third-order valence-electron chi connectivity index (χ3n) is 4.14. The van der Waals surface area contributed by atoms with Crippen molar-refractivity contribution < 1.29 is 18.3 Å². The second-order valence-corrected chi connectivity index (χ2v) is 6.30. The molecule has 8 heteroatoms. The summed E-state index contributed by atoms with van der Waals surface area (Å²) in [6, 6.07) is 14.9. The Hall–Kier alpha value is -3.73. The zero-order chi connectivity index (χ0) is 21.0. The van der Waals surface area contributed by atoms with Crippen LogP contribution in [0.15, 0.2) is 59.7 Å². The second kappa shape index (κ2) is 8.10. The molecule has 2 aromatic carbocycles. The van der Waals surface area contributed by atoms with E-state index < -0.39 is 22.9 Å². The van der Waals surface area contributed by atoms with Crippen LogP contribution in [0, 0.1) is 11.3 Å². The predicted molar refractivity (Wildman–Crippen MR) is 101 cm³/mol. The standard InChI is InChI=1S/C21H17F2N3O3/c1-21(22,23)19-18(29-17-6-4-3-5-15(17)11-24)20(27)26(13-25-19)12-14-7-9-16(28-2)10-8-14/h3-10,13H,12H2,1-2H3. The van der Waals surface area contributed by atoms with E-state index >= 15 is 0 Å². The van der Waals surface area contributed by atoms with Crippen LogP contribution in [0.1, 0.15) is 23.7 Å². The quantitative estimate of drug-likeness (QED) is 0.627. The highest BCUT2D eigenvalue weighted by Crippen LogP contribution is 2.33. The summed E-state index contributed by atoms with van der Waals surface area (Å²) in [6.45, 7) is 0.729. The van der Waals surface area contributed by atoms with Gasteiger partial charge >= 0.3 is 0 Å². The molecule has 0 aliphatic rings. The Balaban J connectivity index is 2.05. The molecule has 0 atom stereocenters. The van der Waals surface area contributed by atoms with Gasteiger partial charge in [0.15, 0.2) is 5.69 Å². The lowest BCUT2D eigenvalue weighted by Gasteiger charge is -2.17. The molecular weight excluding hydrogens is 380 g/mol. The number of hydrogen-bond acceptors (Lipinski definition) is 5. The topological polar surface area (TPSA) is 77.1 Å². The van der Waals surface area contributed by atoms with Gasteiger partial charge in [-0.1, -0.05) is 24.3 Å². The van der Waals surface area contributed by atoms with Crippen molar-refractivity contribution in [1.82, 2.24) is 9.55 Å². The van der Waals surface area contributed by atoms with Gasteiger partial charge in [-0.2, -0.15) is 14.0 Å². The Morgan fingerprint density at radius 1 is 1.17 bits per heavy atom. The fraction of sp³-hybridized carbons (Fsp3) is 0.190. The van der Waals surface area contributed by atoms with Crippen molar-refractivity contribution in [2.45, 2.75) is 19.4 Å². The van der Waals surface area contributed by atoms with Crippen molar-refractivity contribution in [3.05, 3.63) is 82.0 Å². The van der Waals surface area contributed by atoms with E-state index in [1.54, 1.807) is 36.4 Å². The van der Waals surface area contributed by atoms with E-state index in [1.165, 1.54) is 23.8 Å². The number of alkyl halides is 2. The Morgan fingerprint density at radius 3 is 2.48 bits per heavy atom. The van der Waals surface area contributed by atoms with Crippen LogP contribution in [0.3, 0.4) is 0 Å². The normalized spacial score (nSPS) is 11.0. The van der Waals surface area contributed by atoms with Gasteiger partial charge in [0.25, 0.3) is 11.5 Å². The number of ether oxygens (including phenoxy) is 2. The number of aromatic nitrogens is 2. The molecule has 0 radical (unpaired) electrons. The van der Waals surface area contributed by atoms with Gasteiger partial charge in [0, 0.05) is 6.92 Å². The smallest absolute Gasteiger partial charge is 0.297 e. The Kier molecular flexibility index (Phi) is 5.59. The molecule has 0 saturated heterocycles. The van der Waals surface area contributed by atoms with Gasteiger partial charge in [-0.3, -0.25) is 9.36 Å². The molecule has 0 fully saturated rings. The van der Waals surface area contributed by atoms with Crippen molar-refractivity contribution in [2.24, 2.45) is 0 Å². The predicted octanol–water partition coefficient (Wildman–Crippen LogP) is 4.08. The van der Waals surface area contributed by atoms with Gasteiger partial charge in [0.2, 0.25) is 5.75 Å². The molecule has 0 bridgehead atoms. The first-order chi connectivity index (χ1) is 13.8. The van der Waals surface area contributed by atoms with Crippen LogP contribution in [0.2, 0.25) is 0 Å². The maximum atomic E-state index is 14.1. The molecule has 29 heavy (non-hydrogen) atoms. The number of methoxy groups -OCH3 is 1. The first kappa shape index (κ1) is 20.0. The highest BCUT2D eigenvalue weighted by Gasteiger charge is 2.33. The Bertz CT molecular complexity index is 1110. The molecule has 1 heterocycles. The fourth-order valence-corrected chi connectivity index (χ4v) is 2.67. The molecule has 1 aromatic heterocycles. The maximum absolute atomic E-state index is 14.1. The molecule has 148 valence electrons. The van der Waals surface area contributed by atoms with Crippen LogP contribution < -0.4 is 15.0 Å². The SMILES string of the molecule is COc1ccc(Cn2cnc(C(C)(F)F)c(Oc3ccccc3C#N)c2=O)cc1. The molecule has 0 saturated carbocycles. The Morgan fingerprint density at radius 2 is 1.86 bits per heavy atom. The second-order valence-electron chi connectivity index (χ2n) is 6.30. The van der Waals surface area contributed by atoms with Gasteiger partial charge in [-0.05, 0) is 29.8 Å². The first-order valence-electron chi connectivity index (χ1n) is 8.61. The zero-order valence-electron chi connectivity index (χ0n) is 15.7. The molecule has 0 aliphatic heterocycles. The minimum absolute atomic E-state index is 0.00148. The van der Waals surface area contributed by atoms with Gasteiger partial charge in [0.05, 0.1) is 25.5 Å². The van der Waals surface area contributed by atoms with E-state index in [4.69, 9.17) is 9.47 Å². The number of halogens is 2. The average Bonchev–Trinajstić information content (AvgIpc) is 2.71. The van der Waals surface area contributed by atoms with Gasteiger partial charge in [-0.25, -0.2) is 4.98 Å². The zero-order valence-corrected chi connectivity index (χ0v) is 15.7. The van der Waals surface area contributed by atoms with E-state index in [2.05, 4.69) is 4.98 Å². The third kappa shape index (κ3) is 4.41. The van der Waals surface area contributed by atoms with Gasteiger partial charge in [0.1, 0.15) is 17.6 Å². The van der Waals surface area contributed by atoms with Crippen LogP contribution >= 0.6 is 0 Å². The number of benzene rings is 2. The van der Waals surface area contributed by atoms with Gasteiger partial charge in [-0.15, -0.1) is 0 Å². The molecular formula is C21H17F2N3O3. The number of nitrogens with zero attached hydrogens (tertiary/aromatic N) is 3. The monoisotopic (exact) mass is 397 g/mol. The minimum atomic E-state index is -3.41. The summed E-state index contributed by atoms with van der Waals surface area (Å²) in [5, 5.41) is 9.20. The van der Waals surface area contributed by atoms with Crippen LogP contribution in [-0.4, -0.2) is 16.7 Å². The van der Waals surface area contributed by atoms with Crippen molar-refractivity contribution in [3.8, 4) is 23.3 Å². The van der Waals surface area contributed by atoms with Crippen molar-refractivity contribution in [2.75, 3.05) is 7.11 Å². The van der Waals surface area contributed by atoms with Crippen LogP contribution in [0.4, 0.5) is 8.78 Å². The lowest BCUT2D eigenvalue weighted by molar-refractivity contribution is 0.0101. The van der Waals surface area contributed by atoms with Crippen molar-refractivity contribution in [3.63, 3.8) is 0 Å². The highest BCUT2D eigenvalue weighted by molar-refractivity contribution is 5.45. The average molecular weight is 397 g/mol. The molecule has 0 aliphatic carbocycles. The molecule has 3 rings (SSSR count). The highest BCUT2D eigenvalue weighted by atomic mass is 19.3. The van der Waals surface area contributed by atoms with E-state index in [1.807, 2.05) is 6.07 Å². The number of rotatable bonds is 6. The molecule has 0 N–H and O–H groups in total. The van der Waals surface area contributed by atoms with Crippen molar-refractivity contribution >= 4 is 0 Å². The lowest BCUT2D eigenvalue weighted by atomic mass is 10.2. The summed E-state index contributed by atoms with van der Waals surface area (Å²) in [5.74, 6) is -3.37. The molecule has 3 aromatic rings. The largest absolute Gasteiger partial charge is 0.497 e. The van der Waals surface area contributed by atoms with Crippen molar-refractivity contribution in [1.29, 1.82) is 5.26 Å². The summed E-state index contributed by atoms with van der Waals surface area (Å²) in [4.78, 5) is 16.7. The Labute approximate surface area is 165 Å². The fourth-order valence-electron chi connectivity index (χ4n) is 2.67. The van der Waals surface area contributed by atoms with Crippen LogP contribution in [-0.2, 0) is 12.5 Å². The van der Waals surface area contributed by atoms with Crippen LogP contribution in [0.25, 0.3) is 0 Å². The lowest BCUT2D eigenvalue weighted by Crippen LogP contribution is -2.27. The molecule has 0 spiro atoms. The minimum Gasteiger partial charge on any atom is -0.497 e. The molecule has 6 nitrogen and oxygen atoms in total. The first-order valence-corrected chi connectivity index (χ1v) is 8.61. The summed E-state index contributed by atoms with van der Waals surface area (Å²) in [7, 11) is 1.54. The summed E-state index contributed by atoms with van der Waals surface area (Å²) < 4.78 is 39.9. The van der Waals surface area contributed by atoms with E-state index in [9.17, 15) is 18.8 Å². The van der Waals surface area contributed by atoms with E-state index in [-0.39, 0.29) is 17.9 Å². The van der Waals surface area contributed by atoms with Gasteiger partial charge < -0.3 is 9.47 Å². The number of para-hydroxylation sites is 1. The van der Waals surface area contributed by atoms with E-state index in [0.29, 0.717) is 12.7 Å². The summed E-state index contributed by atoms with van der Waals surface area (Å²) >= 11 is 0. The molecule has 0 unspecified atom stereocenters. The summed E-state index contributed by atoms with van der Waals surface area (Å²) in [6.07, 6.45) is 1.06. The maximum Gasteiger partial charge on any atom is 0.297 e. The molecule has 0 amide bonds. The van der Waals surface area contributed by atoms with E-state index in [0.717, 1.165) is 11.9 Å². The third-order valence-corrected chi connectivity index (χ3v) is 4.14.